The smallest absolute Gasteiger partial charge is 0.276 e. The van der Waals surface area contributed by atoms with Gasteiger partial charge in [-0.2, -0.15) is 5.10 Å². The van der Waals surface area contributed by atoms with Crippen LogP contribution < -0.4 is 16.5 Å². The number of nitrogens with two attached hydrogens (primary N) is 1. The predicted octanol–water partition coefficient (Wildman–Crippen LogP) is 1.99. The second kappa shape index (κ2) is 7.37. The number of aromatic nitrogens is 2. The summed E-state index contributed by atoms with van der Waals surface area (Å²) in [6, 6.07) is 7.57. The molecular formula is C19H25ClN4O2. The van der Waals surface area contributed by atoms with Crippen LogP contribution in [-0.2, 0) is 7.05 Å². The van der Waals surface area contributed by atoms with Gasteiger partial charge in [0.25, 0.3) is 5.91 Å². The van der Waals surface area contributed by atoms with Crippen molar-refractivity contribution in [3.8, 4) is 0 Å². The number of aryl methyl sites for hydroxylation is 1. The maximum atomic E-state index is 12.8. The normalized spacial score (nSPS) is 27.6. The Morgan fingerprint density at radius 3 is 2.58 bits per heavy atom. The molecule has 140 valence electrons. The zero-order valence-corrected chi connectivity index (χ0v) is 15.7. The third-order valence-electron chi connectivity index (χ3n) is 5.85. The van der Waals surface area contributed by atoms with Crippen LogP contribution >= 0.6 is 12.4 Å². The quantitative estimate of drug-likeness (QED) is 0.838. The molecular weight excluding hydrogens is 352 g/mol. The Kier molecular flexibility index (Phi) is 5.34. The van der Waals surface area contributed by atoms with Crippen molar-refractivity contribution >= 4 is 29.2 Å². The average molecular weight is 377 g/mol. The zero-order chi connectivity index (χ0) is 17.6. The Hall–Kier alpha value is -1.92. The van der Waals surface area contributed by atoms with E-state index in [1.54, 1.807) is 23.9 Å². The van der Waals surface area contributed by atoms with E-state index in [2.05, 4.69) is 10.4 Å². The molecule has 2 bridgehead atoms. The third-order valence-corrected chi connectivity index (χ3v) is 5.85. The van der Waals surface area contributed by atoms with Gasteiger partial charge in [0.15, 0.2) is 5.69 Å². The maximum absolute atomic E-state index is 12.8. The zero-order valence-electron chi connectivity index (χ0n) is 14.9. The first kappa shape index (κ1) is 18.9. The number of benzene rings is 1. The van der Waals surface area contributed by atoms with E-state index in [1.165, 1.54) is 6.42 Å². The highest BCUT2D eigenvalue weighted by Crippen LogP contribution is 2.39. The number of hydrogen-bond donors (Lipinski definition) is 2. The van der Waals surface area contributed by atoms with Gasteiger partial charge in [0.1, 0.15) is 0 Å². The van der Waals surface area contributed by atoms with E-state index in [9.17, 15) is 9.59 Å². The van der Waals surface area contributed by atoms with Gasteiger partial charge in [0, 0.05) is 24.5 Å². The van der Waals surface area contributed by atoms with Crippen molar-refractivity contribution in [1.82, 2.24) is 15.1 Å². The van der Waals surface area contributed by atoms with Crippen LogP contribution in [0.5, 0.6) is 0 Å². The summed E-state index contributed by atoms with van der Waals surface area (Å²) in [7, 11) is 1.76. The minimum absolute atomic E-state index is 0. The lowest BCUT2D eigenvalue weighted by atomic mass is 9.67. The molecule has 26 heavy (non-hydrogen) atoms. The largest absolute Gasteiger partial charge is 0.347 e. The molecule has 3 N–H and O–H groups in total. The summed E-state index contributed by atoms with van der Waals surface area (Å²) >= 11 is 0. The number of nitrogens with one attached hydrogen (secondary N) is 1. The monoisotopic (exact) mass is 376 g/mol. The second-order valence-electron chi connectivity index (χ2n) is 7.50. The third kappa shape index (κ3) is 3.23. The summed E-state index contributed by atoms with van der Waals surface area (Å²) in [6.45, 7) is 0. The van der Waals surface area contributed by atoms with E-state index < -0.39 is 0 Å². The number of hydrogen-bond acceptors (Lipinski definition) is 4. The van der Waals surface area contributed by atoms with Crippen LogP contribution in [0.3, 0.4) is 0 Å². The molecule has 0 radical (unpaired) electrons. The van der Waals surface area contributed by atoms with Crippen LogP contribution in [0.4, 0.5) is 0 Å². The Bertz CT molecular complexity index is 867. The first-order valence-electron chi connectivity index (χ1n) is 9.07. The lowest BCUT2D eigenvalue weighted by Gasteiger charge is -2.45. The highest BCUT2D eigenvalue weighted by atomic mass is 35.5. The molecule has 7 heteroatoms. The van der Waals surface area contributed by atoms with Gasteiger partial charge in [-0.3, -0.25) is 14.3 Å². The van der Waals surface area contributed by atoms with Gasteiger partial charge < -0.3 is 11.1 Å². The van der Waals surface area contributed by atoms with Gasteiger partial charge in [0.05, 0.1) is 5.52 Å². The number of carbonyl (C=O) groups excluding carboxylic acids is 1. The highest BCUT2D eigenvalue weighted by molar-refractivity contribution is 5.95. The van der Waals surface area contributed by atoms with E-state index in [4.69, 9.17) is 5.73 Å². The molecule has 1 aromatic heterocycles. The molecule has 2 aliphatic carbocycles. The minimum atomic E-state index is -0.358. The number of halogens is 1. The number of amides is 1. The number of carbonyl (C=O) groups is 1. The van der Waals surface area contributed by atoms with Crippen LogP contribution in [0.25, 0.3) is 10.9 Å². The molecule has 1 heterocycles. The van der Waals surface area contributed by atoms with Crippen LogP contribution in [-0.4, -0.2) is 27.8 Å². The van der Waals surface area contributed by atoms with E-state index >= 15 is 0 Å². The fourth-order valence-electron chi connectivity index (χ4n) is 4.72. The summed E-state index contributed by atoms with van der Waals surface area (Å²) in [5.74, 6) is 0.468. The molecule has 1 amide bonds. The molecule has 4 rings (SSSR count). The lowest BCUT2D eigenvalue weighted by Crippen LogP contribution is -2.54. The summed E-state index contributed by atoms with van der Waals surface area (Å²) in [5.41, 5.74) is 6.56. The Labute approximate surface area is 158 Å². The van der Waals surface area contributed by atoms with Crippen LogP contribution in [0.1, 0.15) is 42.6 Å². The van der Waals surface area contributed by atoms with Crippen molar-refractivity contribution in [3.05, 3.63) is 40.2 Å². The Morgan fingerprint density at radius 2 is 1.88 bits per heavy atom. The first-order chi connectivity index (χ1) is 12.0. The number of fused-ring (bicyclic) bond motifs is 3. The average Bonchev–Trinajstić information content (AvgIpc) is 2.59. The van der Waals surface area contributed by atoms with Crippen molar-refractivity contribution in [1.29, 1.82) is 0 Å². The fraction of sp³-hybridized carbons (Fsp3) is 0.526. The molecule has 0 saturated heterocycles. The second-order valence-corrected chi connectivity index (χ2v) is 7.50. The molecule has 2 fully saturated rings. The van der Waals surface area contributed by atoms with Crippen molar-refractivity contribution < 1.29 is 4.79 Å². The van der Waals surface area contributed by atoms with Gasteiger partial charge in [-0.05, 0) is 49.7 Å². The molecule has 2 aromatic rings. The molecule has 2 aliphatic rings. The SMILES string of the molecule is Cl.Cn1nc(C(=O)NC2C3CCCC2CC(N)C3)c(=O)c2ccccc21. The molecule has 2 unspecified atom stereocenters. The van der Waals surface area contributed by atoms with E-state index in [0.717, 1.165) is 31.2 Å². The van der Waals surface area contributed by atoms with Gasteiger partial charge in [-0.15, -0.1) is 12.4 Å². The van der Waals surface area contributed by atoms with E-state index in [1.807, 2.05) is 12.1 Å². The van der Waals surface area contributed by atoms with Crippen molar-refractivity contribution in [2.24, 2.45) is 24.6 Å². The molecule has 1 aromatic carbocycles. The number of para-hydroxylation sites is 1. The number of nitrogens with zero attached hydrogens (tertiary/aromatic N) is 2. The standard InChI is InChI=1S/C19H24N4O2.ClH/c1-23-15-8-3-2-7-14(15)18(24)17(22-23)19(25)21-16-11-5-4-6-12(16)10-13(20)9-11;/h2-3,7-8,11-13,16H,4-6,9-10,20H2,1H3,(H,21,25);1H. The summed E-state index contributed by atoms with van der Waals surface area (Å²) in [5, 5.41) is 7.89. The van der Waals surface area contributed by atoms with Crippen LogP contribution in [0.15, 0.2) is 29.1 Å². The minimum Gasteiger partial charge on any atom is -0.347 e. The number of rotatable bonds is 2. The highest BCUT2D eigenvalue weighted by Gasteiger charge is 2.40. The van der Waals surface area contributed by atoms with Crippen molar-refractivity contribution in [2.75, 3.05) is 0 Å². The predicted molar refractivity (Wildman–Crippen MR) is 104 cm³/mol. The van der Waals surface area contributed by atoms with Gasteiger partial charge in [0.2, 0.25) is 5.43 Å². The van der Waals surface area contributed by atoms with Gasteiger partial charge in [-0.25, -0.2) is 0 Å². The first-order valence-corrected chi connectivity index (χ1v) is 9.07. The van der Waals surface area contributed by atoms with Crippen molar-refractivity contribution in [3.63, 3.8) is 0 Å². The van der Waals surface area contributed by atoms with Crippen molar-refractivity contribution in [2.45, 2.75) is 44.2 Å². The van der Waals surface area contributed by atoms with Gasteiger partial charge in [-0.1, -0.05) is 18.6 Å². The topological polar surface area (TPSA) is 90.0 Å². The lowest BCUT2D eigenvalue weighted by molar-refractivity contribution is 0.0749. The van der Waals surface area contributed by atoms with Crippen LogP contribution in [0.2, 0.25) is 0 Å². The molecule has 2 saturated carbocycles. The summed E-state index contributed by atoms with van der Waals surface area (Å²) in [4.78, 5) is 25.5. The Balaban J connectivity index is 0.00000196. The van der Waals surface area contributed by atoms with Gasteiger partial charge >= 0.3 is 0 Å². The van der Waals surface area contributed by atoms with E-state index in [-0.39, 0.29) is 41.5 Å². The molecule has 0 spiro atoms. The Morgan fingerprint density at radius 1 is 1.23 bits per heavy atom. The molecule has 2 atom stereocenters. The summed E-state index contributed by atoms with van der Waals surface area (Å²) < 4.78 is 1.60. The van der Waals surface area contributed by atoms with Crippen LogP contribution in [0, 0.1) is 11.8 Å². The maximum Gasteiger partial charge on any atom is 0.276 e. The van der Waals surface area contributed by atoms with E-state index in [0.29, 0.717) is 17.2 Å². The summed E-state index contributed by atoms with van der Waals surface area (Å²) in [6.07, 6.45) is 5.29. The molecule has 0 aliphatic heterocycles. The fourth-order valence-corrected chi connectivity index (χ4v) is 4.72. The molecule has 6 nitrogen and oxygen atoms in total.